The van der Waals surface area contributed by atoms with E-state index in [1.807, 2.05) is 5.48 Å². The molecule has 7 nitrogen and oxygen atoms in total. The van der Waals surface area contributed by atoms with E-state index in [4.69, 9.17) is 5.14 Å². The second kappa shape index (κ2) is 4.67. The molecule has 20 heavy (non-hydrogen) atoms. The topological polar surface area (TPSA) is 108 Å². The van der Waals surface area contributed by atoms with Gasteiger partial charge in [-0.1, -0.05) is 12.1 Å². The predicted octanol–water partition coefficient (Wildman–Crippen LogP) is -0.451. The van der Waals surface area contributed by atoms with Gasteiger partial charge >= 0.3 is 0 Å². The van der Waals surface area contributed by atoms with Gasteiger partial charge in [-0.15, -0.1) is 0 Å². The summed E-state index contributed by atoms with van der Waals surface area (Å²) >= 11 is 0. The number of nitrogens with zero attached hydrogens (tertiary/aromatic N) is 2. The summed E-state index contributed by atoms with van der Waals surface area (Å²) in [5, 5.41) is 20.0. The second-order valence-corrected chi connectivity index (χ2v) is 6.69. The fourth-order valence-corrected chi connectivity index (χ4v) is 2.61. The first-order chi connectivity index (χ1) is 9.20. The summed E-state index contributed by atoms with van der Waals surface area (Å²) < 4.78 is 11.6. The van der Waals surface area contributed by atoms with E-state index < -0.39 is 15.2 Å². The van der Waals surface area contributed by atoms with Crippen LogP contribution in [0.3, 0.4) is 0 Å². The highest BCUT2D eigenvalue weighted by molar-refractivity contribution is 7.98. The Kier molecular flexibility index (Phi) is 3.42. The van der Waals surface area contributed by atoms with E-state index in [1.54, 1.807) is 24.3 Å². The van der Waals surface area contributed by atoms with Gasteiger partial charge in [-0.25, -0.2) is 9.22 Å². The number of rotatable bonds is 3. The quantitative estimate of drug-likeness (QED) is 0.518. The summed E-state index contributed by atoms with van der Waals surface area (Å²) in [4.78, 5) is 12.4. The van der Waals surface area contributed by atoms with Crippen molar-refractivity contribution in [1.29, 1.82) is 0 Å². The lowest BCUT2D eigenvalue weighted by atomic mass is 9.91. The first-order valence-corrected chi connectivity index (χ1v) is 7.53. The zero-order valence-corrected chi connectivity index (χ0v) is 12.0. The number of benzene rings is 1. The van der Waals surface area contributed by atoms with Crippen LogP contribution in [0.2, 0.25) is 0 Å². The summed E-state index contributed by atoms with van der Waals surface area (Å²) in [6.45, 7) is 1.53. The van der Waals surface area contributed by atoms with E-state index in [2.05, 4.69) is 11.0 Å². The van der Waals surface area contributed by atoms with Crippen LogP contribution in [0.1, 0.15) is 12.5 Å². The Balaban J connectivity index is 2.47. The predicted molar refractivity (Wildman–Crippen MR) is 76.8 cm³/mol. The van der Waals surface area contributed by atoms with Crippen molar-refractivity contribution in [3.8, 4) is 0 Å². The average Bonchev–Trinajstić information content (AvgIpc) is 2.63. The molecule has 2 rings (SSSR count). The van der Waals surface area contributed by atoms with Crippen molar-refractivity contribution in [2.75, 3.05) is 7.05 Å². The highest BCUT2D eigenvalue weighted by Gasteiger charge is 2.46. The Hall–Kier alpha value is -1.74. The molecule has 8 heteroatoms. The maximum Gasteiger partial charge on any atom is 0.270 e. The monoisotopic (exact) mass is 296 g/mol. The van der Waals surface area contributed by atoms with Gasteiger partial charge in [0.05, 0.1) is 15.4 Å². The summed E-state index contributed by atoms with van der Waals surface area (Å²) in [7, 11) is -1.28. The number of hydrogen-bond donors (Lipinski definition) is 3. The molecule has 0 spiro atoms. The third kappa shape index (κ3) is 2.22. The molecule has 2 unspecified atom stereocenters. The number of nitrogens with two attached hydrogens (primary N) is 1. The SMILES string of the molecule is C=S(N)(=O)c1ccc(C2=NN(C)C(=O)C2(C)NO)cc1. The van der Waals surface area contributed by atoms with Crippen LogP contribution in [0.5, 0.6) is 0 Å². The molecule has 1 aliphatic rings. The molecule has 1 amide bonds. The Morgan fingerprint density at radius 1 is 1.45 bits per heavy atom. The minimum absolute atomic E-state index is 0.367. The number of hydrogen-bond acceptors (Lipinski definition) is 5. The van der Waals surface area contributed by atoms with Crippen LogP contribution in [0.4, 0.5) is 0 Å². The third-order valence-corrected chi connectivity index (χ3v) is 4.27. The maximum absolute atomic E-state index is 12.0. The van der Waals surface area contributed by atoms with Crippen molar-refractivity contribution in [2.45, 2.75) is 17.4 Å². The van der Waals surface area contributed by atoms with Gasteiger partial charge in [-0.05, 0) is 24.9 Å². The molecule has 2 atom stereocenters. The molecule has 1 aliphatic heterocycles. The van der Waals surface area contributed by atoms with Gasteiger partial charge in [0.25, 0.3) is 5.91 Å². The first kappa shape index (κ1) is 14.7. The molecular formula is C12H16N4O3S. The van der Waals surface area contributed by atoms with Crippen molar-refractivity contribution in [3.05, 3.63) is 29.8 Å². The van der Waals surface area contributed by atoms with Crippen molar-refractivity contribution in [2.24, 2.45) is 10.2 Å². The highest BCUT2D eigenvalue weighted by Crippen LogP contribution is 2.24. The molecule has 1 aromatic carbocycles. The summed E-state index contributed by atoms with van der Waals surface area (Å²) in [5.41, 5.74) is 1.66. The van der Waals surface area contributed by atoms with Crippen LogP contribution in [0.15, 0.2) is 34.3 Å². The Labute approximate surface area is 117 Å². The Bertz CT molecular complexity index is 681. The molecule has 108 valence electrons. The fraction of sp³-hybridized carbons (Fsp3) is 0.250. The number of nitrogens with one attached hydrogen (secondary N) is 1. The second-order valence-electron chi connectivity index (χ2n) is 4.76. The maximum atomic E-state index is 12.0. The van der Waals surface area contributed by atoms with Crippen LogP contribution in [0.25, 0.3) is 0 Å². The average molecular weight is 296 g/mol. The molecule has 0 radical (unpaired) electrons. The number of carbonyl (C=O) groups excluding carboxylic acids is 1. The van der Waals surface area contributed by atoms with E-state index in [1.165, 1.54) is 14.0 Å². The van der Waals surface area contributed by atoms with E-state index in [9.17, 15) is 14.2 Å². The summed E-state index contributed by atoms with van der Waals surface area (Å²) in [6, 6.07) is 6.39. The number of likely N-dealkylation sites (N-methyl/N-ethyl adjacent to an activating group) is 1. The highest BCUT2D eigenvalue weighted by atomic mass is 32.2. The minimum Gasteiger partial charge on any atom is -0.315 e. The Morgan fingerprint density at radius 2 is 2.00 bits per heavy atom. The number of amides is 1. The zero-order chi connectivity index (χ0) is 15.1. The number of hydrazone groups is 1. The fourth-order valence-electron chi connectivity index (χ4n) is 2.01. The van der Waals surface area contributed by atoms with E-state index >= 15 is 0 Å². The van der Waals surface area contributed by atoms with Gasteiger partial charge in [-0.3, -0.25) is 9.93 Å². The van der Waals surface area contributed by atoms with Crippen LogP contribution in [-0.4, -0.2) is 44.5 Å². The van der Waals surface area contributed by atoms with Gasteiger partial charge in [-0.2, -0.15) is 10.6 Å². The smallest absolute Gasteiger partial charge is 0.270 e. The molecule has 4 N–H and O–H groups in total. The number of hydroxylamine groups is 1. The molecule has 1 aromatic rings. The largest absolute Gasteiger partial charge is 0.315 e. The number of carbonyl (C=O) groups is 1. The summed E-state index contributed by atoms with van der Waals surface area (Å²) in [5.74, 6) is 3.02. The van der Waals surface area contributed by atoms with Gasteiger partial charge in [0.1, 0.15) is 0 Å². The summed E-state index contributed by atoms with van der Waals surface area (Å²) in [6.07, 6.45) is 0. The van der Waals surface area contributed by atoms with Gasteiger partial charge in [0.2, 0.25) is 0 Å². The lowest BCUT2D eigenvalue weighted by molar-refractivity contribution is -0.134. The standard InChI is InChI=1S/C12H16N4O3S/c1-12(15-18)10(14-16(2)11(12)17)8-4-6-9(7-5-8)20(3,13)19/h4-7,15,18H,3H2,1-2H3,(H2,13,19). The van der Waals surface area contributed by atoms with Gasteiger partial charge in [0, 0.05) is 17.5 Å². The molecule has 0 saturated carbocycles. The molecule has 0 aromatic heterocycles. The zero-order valence-electron chi connectivity index (χ0n) is 11.2. The van der Waals surface area contributed by atoms with Crippen LogP contribution in [-0.2, 0) is 14.5 Å². The molecule has 0 fully saturated rings. The molecule has 0 aliphatic carbocycles. The Morgan fingerprint density at radius 3 is 2.45 bits per heavy atom. The normalized spacial score (nSPS) is 25.5. The van der Waals surface area contributed by atoms with Crippen LogP contribution in [0, 0.1) is 0 Å². The third-order valence-electron chi connectivity index (χ3n) is 3.20. The molecule has 0 saturated heterocycles. The first-order valence-electron chi connectivity index (χ1n) is 5.74. The molecule has 0 bridgehead atoms. The lowest BCUT2D eigenvalue weighted by Crippen LogP contribution is -2.53. The van der Waals surface area contributed by atoms with Crippen LogP contribution < -0.4 is 10.6 Å². The van der Waals surface area contributed by atoms with Crippen molar-refractivity contribution < 1.29 is 14.2 Å². The van der Waals surface area contributed by atoms with E-state index in [-0.39, 0.29) is 5.91 Å². The minimum atomic E-state index is -2.78. The van der Waals surface area contributed by atoms with Gasteiger partial charge < -0.3 is 5.21 Å². The van der Waals surface area contributed by atoms with Gasteiger partial charge in [0.15, 0.2) is 5.54 Å². The van der Waals surface area contributed by atoms with E-state index in [0.717, 1.165) is 5.01 Å². The van der Waals surface area contributed by atoms with Crippen LogP contribution >= 0.6 is 0 Å². The van der Waals surface area contributed by atoms with Crippen molar-refractivity contribution >= 4 is 27.2 Å². The van der Waals surface area contributed by atoms with E-state index in [0.29, 0.717) is 16.2 Å². The van der Waals surface area contributed by atoms with Crippen molar-refractivity contribution in [1.82, 2.24) is 10.5 Å². The van der Waals surface area contributed by atoms with Crippen molar-refractivity contribution in [3.63, 3.8) is 0 Å². The molecular weight excluding hydrogens is 280 g/mol. The lowest BCUT2D eigenvalue weighted by Gasteiger charge is -2.21. The molecule has 1 heterocycles.